The third-order valence-electron chi connectivity index (χ3n) is 9.73. The average molecular weight is 743 g/mol. The summed E-state index contributed by atoms with van der Waals surface area (Å²) in [7, 11) is 1.72. The van der Waals surface area contributed by atoms with Gasteiger partial charge in [-0.3, -0.25) is 9.59 Å². The molecule has 4 atom stereocenters. The molecule has 0 radical (unpaired) electrons. The third kappa shape index (κ3) is 13.2. The zero-order valence-electron chi connectivity index (χ0n) is 32.6. The highest BCUT2D eigenvalue weighted by Crippen LogP contribution is 2.22. The van der Waals surface area contributed by atoms with Crippen LogP contribution in [0.3, 0.4) is 0 Å². The number of nitrogens with one attached hydrogen (secondary N) is 2. The second kappa shape index (κ2) is 20.0. The Bertz CT molecular complexity index is 1620. The minimum absolute atomic E-state index is 0.0329. The number of amides is 4. The van der Waals surface area contributed by atoms with Crippen LogP contribution in [0.1, 0.15) is 70.6 Å². The number of piperidine rings is 1. The number of hydrogen-bond donors (Lipinski definition) is 3. The summed E-state index contributed by atoms with van der Waals surface area (Å²) in [6, 6.07) is 27.0. The minimum Gasteiger partial charge on any atom is -0.445 e. The van der Waals surface area contributed by atoms with Crippen molar-refractivity contribution in [3.63, 3.8) is 0 Å². The molecule has 0 bridgehead atoms. The number of hydrogen-bond acceptors (Lipinski definition) is 7. The van der Waals surface area contributed by atoms with Gasteiger partial charge in [-0.05, 0) is 75.5 Å². The Balaban J connectivity index is 1.43. The van der Waals surface area contributed by atoms with Crippen molar-refractivity contribution in [3.8, 4) is 0 Å². The fourth-order valence-electron chi connectivity index (χ4n) is 6.67. The third-order valence-corrected chi connectivity index (χ3v) is 9.73. The van der Waals surface area contributed by atoms with Crippen LogP contribution < -0.4 is 10.6 Å². The van der Waals surface area contributed by atoms with Gasteiger partial charge in [-0.1, -0.05) is 105 Å². The summed E-state index contributed by atoms with van der Waals surface area (Å²) >= 11 is 0. The van der Waals surface area contributed by atoms with E-state index >= 15 is 0 Å². The van der Waals surface area contributed by atoms with Crippen molar-refractivity contribution in [2.75, 3.05) is 20.1 Å². The van der Waals surface area contributed by atoms with Crippen LogP contribution >= 0.6 is 0 Å². The Kier molecular flexibility index (Phi) is 15.5. The van der Waals surface area contributed by atoms with E-state index in [4.69, 9.17) is 9.47 Å². The standard InChI is InChI=1S/C43H58N4O7/c1-30(2)38(40(50)47-24-22-35(23-25-47)46(6)42(52)53-29-33-20-14-9-15-21-33)45-39(49)34(26-31-16-10-7-11-17-31)28-37(48)36(27-32-18-12-8-13-19-32)44-41(51)54-43(3,4)5/h7-21,30,34-38,48H,22-29H2,1-6H3,(H,44,51)(H,45,49)/t34-,36-,37+,38-/m0/s1. The highest BCUT2D eigenvalue weighted by atomic mass is 16.6. The molecule has 3 aromatic rings. The smallest absolute Gasteiger partial charge is 0.410 e. The Morgan fingerprint density at radius 1 is 0.815 bits per heavy atom. The molecule has 0 saturated carbocycles. The van der Waals surface area contributed by atoms with Gasteiger partial charge in [-0.15, -0.1) is 0 Å². The summed E-state index contributed by atoms with van der Waals surface area (Å²) in [5.74, 6) is -1.46. The fourth-order valence-corrected chi connectivity index (χ4v) is 6.67. The lowest BCUT2D eigenvalue weighted by molar-refractivity contribution is -0.140. The summed E-state index contributed by atoms with van der Waals surface area (Å²) in [6.07, 6.45) is -0.331. The maximum atomic E-state index is 14.2. The van der Waals surface area contributed by atoms with E-state index in [0.29, 0.717) is 38.8 Å². The summed E-state index contributed by atoms with van der Waals surface area (Å²) < 4.78 is 11.0. The van der Waals surface area contributed by atoms with Crippen LogP contribution in [0, 0.1) is 11.8 Å². The molecule has 3 N–H and O–H groups in total. The Morgan fingerprint density at radius 2 is 1.33 bits per heavy atom. The van der Waals surface area contributed by atoms with E-state index in [0.717, 1.165) is 16.7 Å². The van der Waals surface area contributed by atoms with Gasteiger partial charge < -0.3 is 35.0 Å². The molecule has 1 aliphatic heterocycles. The van der Waals surface area contributed by atoms with Gasteiger partial charge >= 0.3 is 12.2 Å². The van der Waals surface area contributed by atoms with Crippen molar-refractivity contribution < 1.29 is 33.8 Å². The molecule has 4 amide bonds. The van der Waals surface area contributed by atoms with Crippen molar-refractivity contribution in [1.82, 2.24) is 20.4 Å². The lowest BCUT2D eigenvalue weighted by Crippen LogP contribution is -2.56. The molecule has 1 saturated heterocycles. The first-order valence-corrected chi connectivity index (χ1v) is 19.0. The first-order valence-electron chi connectivity index (χ1n) is 19.0. The topological polar surface area (TPSA) is 138 Å². The van der Waals surface area contributed by atoms with Crippen molar-refractivity contribution in [3.05, 3.63) is 108 Å². The molecule has 0 aromatic heterocycles. The number of carbonyl (C=O) groups excluding carboxylic acids is 4. The van der Waals surface area contributed by atoms with Gasteiger partial charge in [-0.25, -0.2) is 9.59 Å². The van der Waals surface area contributed by atoms with Gasteiger partial charge in [0.2, 0.25) is 11.8 Å². The van der Waals surface area contributed by atoms with E-state index < -0.39 is 41.9 Å². The second-order valence-electron chi connectivity index (χ2n) is 15.6. The first-order chi connectivity index (χ1) is 25.7. The number of rotatable bonds is 15. The van der Waals surface area contributed by atoms with Crippen LogP contribution in [-0.4, -0.2) is 88.9 Å². The van der Waals surface area contributed by atoms with Crippen molar-refractivity contribution in [1.29, 1.82) is 0 Å². The number of aliphatic hydroxyl groups is 1. The summed E-state index contributed by atoms with van der Waals surface area (Å²) in [6.45, 7) is 10.2. The van der Waals surface area contributed by atoms with Gasteiger partial charge in [0.15, 0.2) is 0 Å². The highest BCUT2D eigenvalue weighted by Gasteiger charge is 2.36. The normalized spacial score (nSPS) is 15.7. The van der Waals surface area contributed by atoms with E-state index in [2.05, 4.69) is 10.6 Å². The highest BCUT2D eigenvalue weighted by molar-refractivity contribution is 5.89. The Hall–Kier alpha value is -4.90. The molecule has 11 nitrogen and oxygen atoms in total. The predicted molar refractivity (Wildman–Crippen MR) is 208 cm³/mol. The number of benzene rings is 3. The van der Waals surface area contributed by atoms with Crippen molar-refractivity contribution in [2.45, 2.75) is 103 Å². The van der Waals surface area contributed by atoms with E-state index in [1.807, 2.05) is 105 Å². The van der Waals surface area contributed by atoms with Crippen molar-refractivity contribution >= 4 is 24.0 Å². The van der Waals surface area contributed by atoms with Gasteiger partial charge in [0.1, 0.15) is 18.2 Å². The molecule has 1 fully saturated rings. The molecule has 11 heteroatoms. The van der Waals surface area contributed by atoms with Crippen LogP contribution in [0.5, 0.6) is 0 Å². The van der Waals surface area contributed by atoms with Gasteiger partial charge in [0.25, 0.3) is 0 Å². The van der Waals surface area contributed by atoms with Crippen LogP contribution in [-0.2, 0) is 38.5 Å². The number of aliphatic hydroxyl groups excluding tert-OH is 1. The number of alkyl carbamates (subject to hydrolysis) is 1. The summed E-state index contributed by atoms with van der Waals surface area (Å²) in [5, 5.41) is 17.6. The average Bonchev–Trinajstić information content (AvgIpc) is 3.15. The predicted octanol–water partition coefficient (Wildman–Crippen LogP) is 6.13. The fraction of sp³-hybridized carbons (Fsp3) is 0.488. The molecular weight excluding hydrogens is 684 g/mol. The minimum atomic E-state index is -1.11. The molecule has 0 unspecified atom stereocenters. The lowest BCUT2D eigenvalue weighted by Gasteiger charge is -2.38. The largest absolute Gasteiger partial charge is 0.445 e. The second-order valence-corrected chi connectivity index (χ2v) is 15.6. The number of likely N-dealkylation sites (tertiary alicyclic amines) is 1. The van der Waals surface area contributed by atoms with Crippen LogP contribution in [0.25, 0.3) is 0 Å². The number of carbonyl (C=O) groups is 4. The van der Waals surface area contributed by atoms with Crippen molar-refractivity contribution in [2.24, 2.45) is 11.8 Å². The zero-order valence-corrected chi connectivity index (χ0v) is 32.6. The van der Waals surface area contributed by atoms with E-state index in [-0.39, 0.29) is 36.8 Å². The number of ether oxygens (including phenoxy) is 2. The molecule has 0 aliphatic carbocycles. The van der Waals surface area contributed by atoms with Gasteiger partial charge in [-0.2, -0.15) is 0 Å². The Morgan fingerprint density at radius 3 is 1.85 bits per heavy atom. The number of nitrogens with zero attached hydrogens (tertiary/aromatic N) is 2. The molecule has 1 heterocycles. The maximum Gasteiger partial charge on any atom is 0.410 e. The van der Waals surface area contributed by atoms with Gasteiger partial charge in [0, 0.05) is 32.1 Å². The molecule has 54 heavy (non-hydrogen) atoms. The Labute approximate surface area is 320 Å². The quantitative estimate of drug-likeness (QED) is 0.170. The SMILES string of the molecule is CC(C)[C@H](NC(=O)[C@@H](Cc1ccccc1)C[C@@H](O)[C@H](Cc1ccccc1)NC(=O)OC(C)(C)C)C(=O)N1CCC(N(C)C(=O)OCc2ccccc2)CC1. The van der Waals surface area contributed by atoms with Crippen LogP contribution in [0.2, 0.25) is 0 Å². The molecular formula is C43H58N4O7. The lowest BCUT2D eigenvalue weighted by atomic mass is 9.88. The molecule has 0 spiro atoms. The summed E-state index contributed by atoms with van der Waals surface area (Å²) in [5.41, 5.74) is 1.99. The van der Waals surface area contributed by atoms with Gasteiger partial charge in [0.05, 0.1) is 12.1 Å². The molecule has 1 aliphatic rings. The molecule has 292 valence electrons. The van der Waals surface area contributed by atoms with E-state index in [1.54, 1.807) is 37.6 Å². The summed E-state index contributed by atoms with van der Waals surface area (Å²) in [4.78, 5) is 57.2. The molecule has 4 rings (SSSR count). The van der Waals surface area contributed by atoms with Crippen LogP contribution in [0.4, 0.5) is 9.59 Å². The maximum absolute atomic E-state index is 14.2. The zero-order chi connectivity index (χ0) is 39.3. The van der Waals surface area contributed by atoms with E-state index in [1.165, 1.54) is 0 Å². The van der Waals surface area contributed by atoms with E-state index in [9.17, 15) is 24.3 Å². The first kappa shape index (κ1) is 41.9. The van der Waals surface area contributed by atoms with Crippen LogP contribution in [0.15, 0.2) is 91.0 Å². The monoisotopic (exact) mass is 742 g/mol. The molecule has 3 aromatic carbocycles.